The Morgan fingerprint density at radius 1 is 1.14 bits per heavy atom. The minimum Gasteiger partial charge on any atom is -0.494 e. The first-order valence-corrected chi connectivity index (χ1v) is 7.59. The van der Waals surface area contributed by atoms with Crippen LogP contribution in [-0.2, 0) is 13.1 Å². The van der Waals surface area contributed by atoms with Gasteiger partial charge >= 0.3 is 0 Å². The molecule has 0 aliphatic heterocycles. The summed E-state index contributed by atoms with van der Waals surface area (Å²) >= 11 is 12.3. The third kappa shape index (κ3) is 3.19. The van der Waals surface area contributed by atoms with Crippen molar-refractivity contribution in [2.24, 2.45) is 0 Å². The smallest absolute Gasteiger partial charge is 0.156 e. The zero-order valence-electron chi connectivity index (χ0n) is 12.0. The predicted molar refractivity (Wildman–Crippen MR) is 89.7 cm³/mol. The van der Waals surface area contributed by atoms with Crippen molar-refractivity contribution >= 4 is 34.2 Å². The van der Waals surface area contributed by atoms with Gasteiger partial charge in [0.1, 0.15) is 5.82 Å². The number of imidazole rings is 1. The summed E-state index contributed by atoms with van der Waals surface area (Å²) < 4.78 is 5.14. The summed E-state index contributed by atoms with van der Waals surface area (Å²) in [5.74, 6) is 1.40. The molecule has 3 aromatic rings. The van der Waals surface area contributed by atoms with Gasteiger partial charge in [-0.1, -0.05) is 35.3 Å². The maximum absolute atomic E-state index is 6.13. The molecule has 22 heavy (non-hydrogen) atoms. The van der Waals surface area contributed by atoms with Crippen molar-refractivity contribution in [1.82, 2.24) is 15.3 Å². The van der Waals surface area contributed by atoms with E-state index < -0.39 is 0 Å². The predicted octanol–water partition coefficient (Wildman–Crippen LogP) is 4.17. The fourth-order valence-electron chi connectivity index (χ4n) is 2.32. The van der Waals surface area contributed by atoms with Crippen LogP contribution in [0.15, 0.2) is 36.4 Å². The SMILES string of the molecule is COc1c(Cl)cc(CNCc2nc3ccccc3[nH]2)cc1Cl. The summed E-state index contributed by atoms with van der Waals surface area (Å²) in [5.41, 5.74) is 3.00. The molecule has 114 valence electrons. The van der Waals surface area contributed by atoms with Crippen LogP contribution in [0.5, 0.6) is 5.75 Å². The summed E-state index contributed by atoms with van der Waals surface area (Å²) in [6, 6.07) is 11.6. The summed E-state index contributed by atoms with van der Waals surface area (Å²) in [7, 11) is 1.55. The first-order valence-electron chi connectivity index (χ1n) is 6.83. The van der Waals surface area contributed by atoms with Crippen LogP contribution in [0.25, 0.3) is 11.0 Å². The van der Waals surface area contributed by atoms with Crippen LogP contribution in [0.3, 0.4) is 0 Å². The number of halogens is 2. The lowest BCUT2D eigenvalue weighted by Crippen LogP contribution is -2.13. The standard InChI is InChI=1S/C16H15Cl2N3O/c1-22-16-11(17)6-10(7-12(16)18)8-19-9-15-20-13-4-2-3-5-14(13)21-15/h2-7,19H,8-9H2,1H3,(H,20,21). The molecular weight excluding hydrogens is 321 g/mol. The number of ether oxygens (including phenoxy) is 1. The molecule has 0 radical (unpaired) electrons. The lowest BCUT2D eigenvalue weighted by atomic mass is 10.2. The molecule has 0 aliphatic rings. The highest BCUT2D eigenvalue weighted by atomic mass is 35.5. The van der Waals surface area contributed by atoms with Gasteiger partial charge in [-0.25, -0.2) is 4.98 Å². The molecule has 0 saturated carbocycles. The van der Waals surface area contributed by atoms with Crippen molar-refractivity contribution in [2.45, 2.75) is 13.1 Å². The molecule has 0 atom stereocenters. The number of rotatable bonds is 5. The molecule has 1 heterocycles. The molecule has 0 spiro atoms. The molecule has 0 amide bonds. The first-order chi connectivity index (χ1) is 10.7. The number of methoxy groups -OCH3 is 1. The molecule has 6 heteroatoms. The van der Waals surface area contributed by atoms with Crippen molar-refractivity contribution < 1.29 is 4.74 Å². The molecule has 0 saturated heterocycles. The zero-order chi connectivity index (χ0) is 15.5. The molecule has 3 rings (SSSR count). The number of aromatic nitrogens is 2. The average molecular weight is 336 g/mol. The third-order valence-electron chi connectivity index (χ3n) is 3.32. The Morgan fingerprint density at radius 2 is 1.86 bits per heavy atom. The summed E-state index contributed by atoms with van der Waals surface area (Å²) in [4.78, 5) is 7.79. The molecule has 2 N–H and O–H groups in total. The van der Waals surface area contributed by atoms with Gasteiger partial charge < -0.3 is 15.0 Å². The number of hydrogen-bond donors (Lipinski definition) is 2. The van der Waals surface area contributed by atoms with Crippen LogP contribution >= 0.6 is 23.2 Å². The fraction of sp³-hybridized carbons (Fsp3) is 0.188. The number of hydrogen-bond acceptors (Lipinski definition) is 3. The second-order valence-corrected chi connectivity index (χ2v) is 5.71. The largest absolute Gasteiger partial charge is 0.494 e. The van der Waals surface area contributed by atoms with Crippen LogP contribution in [0.2, 0.25) is 10.0 Å². The quantitative estimate of drug-likeness (QED) is 0.735. The number of nitrogens with zero attached hydrogens (tertiary/aromatic N) is 1. The van der Waals surface area contributed by atoms with Gasteiger partial charge in [-0.2, -0.15) is 0 Å². The van der Waals surface area contributed by atoms with E-state index in [4.69, 9.17) is 27.9 Å². The Bertz CT molecular complexity index is 745. The number of nitrogens with one attached hydrogen (secondary N) is 2. The molecule has 4 nitrogen and oxygen atoms in total. The van der Waals surface area contributed by atoms with E-state index >= 15 is 0 Å². The second-order valence-electron chi connectivity index (χ2n) is 4.90. The third-order valence-corrected chi connectivity index (χ3v) is 3.88. The van der Waals surface area contributed by atoms with Crippen LogP contribution in [0, 0.1) is 0 Å². The van der Waals surface area contributed by atoms with E-state index in [2.05, 4.69) is 15.3 Å². The van der Waals surface area contributed by atoms with Gasteiger partial charge in [0.05, 0.1) is 34.7 Å². The van der Waals surface area contributed by atoms with Gasteiger partial charge in [0.25, 0.3) is 0 Å². The Hall–Kier alpha value is -1.75. The minimum absolute atomic E-state index is 0.504. The van der Waals surface area contributed by atoms with Crippen molar-refractivity contribution in [3.8, 4) is 5.75 Å². The second kappa shape index (κ2) is 6.57. The average Bonchev–Trinajstić information content (AvgIpc) is 2.89. The van der Waals surface area contributed by atoms with Gasteiger partial charge in [-0.05, 0) is 29.8 Å². The number of fused-ring (bicyclic) bond motifs is 1. The van der Waals surface area contributed by atoms with Crippen molar-refractivity contribution in [2.75, 3.05) is 7.11 Å². The van der Waals surface area contributed by atoms with Crippen molar-refractivity contribution in [1.29, 1.82) is 0 Å². The van der Waals surface area contributed by atoms with E-state index in [1.807, 2.05) is 36.4 Å². The molecule has 2 aromatic carbocycles. The van der Waals surface area contributed by atoms with E-state index in [9.17, 15) is 0 Å². The fourth-order valence-corrected chi connectivity index (χ4v) is 3.01. The van der Waals surface area contributed by atoms with Gasteiger partial charge in [0.15, 0.2) is 5.75 Å². The maximum atomic E-state index is 6.13. The Labute approximate surface area is 138 Å². The maximum Gasteiger partial charge on any atom is 0.156 e. The highest BCUT2D eigenvalue weighted by Crippen LogP contribution is 2.33. The van der Waals surface area contributed by atoms with Gasteiger partial charge in [0.2, 0.25) is 0 Å². The lowest BCUT2D eigenvalue weighted by Gasteiger charge is -2.09. The number of benzene rings is 2. The summed E-state index contributed by atoms with van der Waals surface area (Å²) in [6.07, 6.45) is 0. The van der Waals surface area contributed by atoms with E-state index in [0.717, 1.165) is 22.4 Å². The van der Waals surface area contributed by atoms with Crippen LogP contribution in [0.4, 0.5) is 0 Å². The molecule has 0 fully saturated rings. The molecular formula is C16H15Cl2N3O. The number of H-pyrrole nitrogens is 1. The minimum atomic E-state index is 0.504. The Balaban J connectivity index is 1.65. The monoisotopic (exact) mass is 335 g/mol. The van der Waals surface area contributed by atoms with Crippen LogP contribution in [-0.4, -0.2) is 17.1 Å². The van der Waals surface area contributed by atoms with Gasteiger partial charge in [0, 0.05) is 6.54 Å². The van der Waals surface area contributed by atoms with E-state index in [1.165, 1.54) is 0 Å². The van der Waals surface area contributed by atoms with E-state index in [-0.39, 0.29) is 0 Å². The number of aromatic amines is 1. The van der Waals surface area contributed by atoms with Gasteiger partial charge in [-0.3, -0.25) is 0 Å². The van der Waals surface area contributed by atoms with Crippen LogP contribution < -0.4 is 10.1 Å². The molecule has 1 aromatic heterocycles. The highest BCUT2D eigenvalue weighted by molar-refractivity contribution is 6.37. The Morgan fingerprint density at radius 3 is 2.55 bits per heavy atom. The number of para-hydroxylation sites is 2. The molecule has 0 bridgehead atoms. The van der Waals surface area contributed by atoms with E-state index in [0.29, 0.717) is 28.9 Å². The normalized spacial score (nSPS) is 11.0. The zero-order valence-corrected chi connectivity index (χ0v) is 13.5. The molecule has 0 unspecified atom stereocenters. The molecule has 0 aliphatic carbocycles. The summed E-state index contributed by atoms with van der Waals surface area (Å²) in [5, 5.41) is 4.34. The summed E-state index contributed by atoms with van der Waals surface area (Å²) in [6.45, 7) is 1.27. The van der Waals surface area contributed by atoms with Crippen molar-refractivity contribution in [3.63, 3.8) is 0 Å². The Kier molecular flexibility index (Phi) is 4.52. The van der Waals surface area contributed by atoms with Gasteiger partial charge in [-0.15, -0.1) is 0 Å². The lowest BCUT2D eigenvalue weighted by molar-refractivity contribution is 0.415. The first kappa shape index (κ1) is 15.2. The van der Waals surface area contributed by atoms with Crippen molar-refractivity contribution in [3.05, 3.63) is 57.8 Å². The highest BCUT2D eigenvalue weighted by Gasteiger charge is 2.08. The van der Waals surface area contributed by atoms with Crippen LogP contribution in [0.1, 0.15) is 11.4 Å². The topological polar surface area (TPSA) is 49.9 Å². The van der Waals surface area contributed by atoms with E-state index in [1.54, 1.807) is 7.11 Å².